The van der Waals surface area contributed by atoms with Crippen molar-refractivity contribution in [1.82, 2.24) is 9.88 Å². The summed E-state index contributed by atoms with van der Waals surface area (Å²) in [7, 11) is -2.48. The average Bonchev–Trinajstić information content (AvgIpc) is 3.56. The van der Waals surface area contributed by atoms with Crippen molar-refractivity contribution in [2.45, 2.75) is 36.1 Å². The van der Waals surface area contributed by atoms with Gasteiger partial charge in [0.1, 0.15) is 16.5 Å². The number of sulfonamides is 1. The number of nitrogens with one attached hydrogen (secondary N) is 2. The third-order valence-electron chi connectivity index (χ3n) is 7.14. The monoisotopic (exact) mass is 550 g/mol. The van der Waals surface area contributed by atoms with Crippen LogP contribution in [0, 0.1) is 11.7 Å². The van der Waals surface area contributed by atoms with Gasteiger partial charge < -0.3 is 10.1 Å². The van der Waals surface area contributed by atoms with Gasteiger partial charge in [-0.15, -0.1) is 11.3 Å². The van der Waals surface area contributed by atoms with Gasteiger partial charge in [-0.25, -0.2) is 17.8 Å². The predicted octanol–water partition coefficient (Wildman–Crippen LogP) is 5.25. The summed E-state index contributed by atoms with van der Waals surface area (Å²) in [5, 5.41) is 5.28. The number of hydrogen-bond acceptors (Lipinski definition) is 7. The summed E-state index contributed by atoms with van der Waals surface area (Å²) in [6.07, 6.45) is 5.68. The molecule has 5 rings (SSSR count). The number of anilines is 2. The van der Waals surface area contributed by atoms with Gasteiger partial charge in [-0.1, -0.05) is 23.7 Å². The van der Waals surface area contributed by atoms with Crippen LogP contribution in [-0.4, -0.2) is 50.6 Å². The smallest absolute Gasteiger partial charge is 0.266 e. The maximum atomic E-state index is 14.9. The van der Waals surface area contributed by atoms with Crippen LogP contribution in [0.15, 0.2) is 52.9 Å². The molecule has 11 heteroatoms. The van der Waals surface area contributed by atoms with Gasteiger partial charge in [0.05, 0.1) is 17.8 Å². The Labute approximate surface area is 219 Å². The first-order valence-electron chi connectivity index (χ1n) is 11.8. The first kappa shape index (κ1) is 25.3. The highest BCUT2D eigenvalue weighted by atomic mass is 35.5. The molecular weight excluding hydrogens is 523 g/mol. The number of ether oxygens (including phenoxy) is 1. The third kappa shape index (κ3) is 5.18. The van der Waals surface area contributed by atoms with Crippen molar-refractivity contribution >= 4 is 43.8 Å². The summed E-state index contributed by atoms with van der Waals surface area (Å²) in [6, 6.07) is 10.5. The van der Waals surface area contributed by atoms with Gasteiger partial charge in [0.15, 0.2) is 5.13 Å². The zero-order chi connectivity index (χ0) is 25.3. The molecule has 2 aromatic carbocycles. The van der Waals surface area contributed by atoms with Crippen LogP contribution in [0.25, 0.3) is 0 Å². The summed E-state index contributed by atoms with van der Waals surface area (Å²) in [6.45, 7) is 2.69. The zero-order valence-electron chi connectivity index (χ0n) is 19.8. The molecule has 7 nitrogen and oxygen atoms in total. The molecular formula is C25H28ClFN4O3S2. The van der Waals surface area contributed by atoms with E-state index in [1.807, 2.05) is 12.1 Å². The first-order chi connectivity index (χ1) is 17.3. The van der Waals surface area contributed by atoms with E-state index >= 15 is 0 Å². The van der Waals surface area contributed by atoms with Crippen LogP contribution in [0.2, 0.25) is 5.02 Å². The van der Waals surface area contributed by atoms with E-state index in [4.69, 9.17) is 16.3 Å². The third-order valence-corrected chi connectivity index (χ3v) is 9.63. The van der Waals surface area contributed by atoms with E-state index in [1.165, 1.54) is 17.8 Å². The topological polar surface area (TPSA) is 83.6 Å². The number of hydrogen-bond donors (Lipinski definition) is 2. The number of fused-ring (bicyclic) bond motifs is 1. The summed E-state index contributed by atoms with van der Waals surface area (Å²) in [4.78, 5) is 5.92. The Bertz CT molecular complexity index is 1320. The van der Waals surface area contributed by atoms with E-state index in [0.29, 0.717) is 18.2 Å². The van der Waals surface area contributed by atoms with Crippen LogP contribution in [0.5, 0.6) is 5.75 Å². The Morgan fingerprint density at radius 3 is 2.83 bits per heavy atom. The lowest BCUT2D eigenvalue weighted by molar-refractivity contribution is 0.209. The van der Waals surface area contributed by atoms with Crippen molar-refractivity contribution in [2.24, 2.45) is 5.92 Å². The summed E-state index contributed by atoms with van der Waals surface area (Å²) in [5.74, 6) is 0.515. The molecule has 2 aliphatic rings. The lowest BCUT2D eigenvalue weighted by Gasteiger charge is -2.32. The fraction of sp³-hybridized carbons (Fsp3) is 0.400. The molecule has 2 fully saturated rings. The molecule has 3 heterocycles. The number of methoxy groups -OCH3 is 1. The zero-order valence-corrected chi connectivity index (χ0v) is 22.2. The summed E-state index contributed by atoms with van der Waals surface area (Å²) in [5.41, 5.74) is 1.66. The quantitative estimate of drug-likeness (QED) is 0.378. The van der Waals surface area contributed by atoms with Crippen molar-refractivity contribution in [3.8, 4) is 5.75 Å². The number of benzene rings is 2. The molecule has 0 amide bonds. The molecule has 0 radical (unpaired) electrons. The number of aromatic nitrogens is 1. The van der Waals surface area contributed by atoms with Crippen LogP contribution in [0.1, 0.15) is 24.8 Å². The van der Waals surface area contributed by atoms with Crippen molar-refractivity contribution < 1.29 is 17.5 Å². The molecule has 2 saturated heterocycles. The van der Waals surface area contributed by atoms with Crippen molar-refractivity contribution in [1.29, 1.82) is 0 Å². The van der Waals surface area contributed by atoms with E-state index in [0.717, 1.165) is 61.9 Å². The Hall–Kier alpha value is -2.40. The lowest BCUT2D eigenvalue weighted by atomic mass is 9.87. The van der Waals surface area contributed by atoms with Gasteiger partial charge in [-0.2, -0.15) is 0 Å². The molecule has 3 aromatic rings. The summed E-state index contributed by atoms with van der Waals surface area (Å²) >= 11 is 7.53. The normalized spacial score (nSPS) is 21.9. The highest BCUT2D eigenvalue weighted by Gasteiger charge is 2.48. The van der Waals surface area contributed by atoms with Gasteiger partial charge in [-0.05, 0) is 68.0 Å². The fourth-order valence-electron chi connectivity index (χ4n) is 5.50. The van der Waals surface area contributed by atoms with E-state index in [1.54, 1.807) is 12.5 Å². The Balaban J connectivity index is 1.27. The second kappa shape index (κ2) is 10.2. The van der Waals surface area contributed by atoms with Gasteiger partial charge in [-0.3, -0.25) is 9.62 Å². The van der Waals surface area contributed by atoms with Crippen LogP contribution >= 0.6 is 22.9 Å². The van der Waals surface area contributed by atoms with E-state index < -0.39 is 20.7 Å². The van der Waals surface area contributed by atoms with Gasteiger partial charge in [0.2, 0.25) is 0 Å². The highest BCUT2D eigenvalue weighted by Crippen LogP contribution is 2.43. The van der Waals surface area contributed by atoms with Crippen LogP contribution in [0.3, 0.4) is 0 Å². The minimum Gasteiger partial charge on any atom is -0.497 e. The Kier molecular flexibility index (Phi) is 7.13. The molecule has 2 N–H and O–H groups in total. The fourth-order valence-corrected chi connectivity index (χ4v) is 7.67. The van der Waals surface area contributed by atoms with Gasteiger partial charge in [0.25, 0.3) is 10.0 Å². The number of halogens is 2. The molecule has 0 spiro atoms. The molecule has 0 aliphatic carbocycles. The second-order valence-corrected chi connectivity index (χ2v) is 12.4. The molecule has 2 atom stereocenters. The molecule has 0 saturated carbocycles. The van der Waals surface area contributed by atoms with Gasteiger partial charge >= 0.3 is 0 Å². The number of rotatable bonds is 9. The number of thiazole rings is 1. The molecule has 2 aliphatic heterocycles. The van der Waals surface area contributed by atoms with Crippen molar-refractivity contribution in [3.63, 3.8) is 0 Å². The molecule has 2 unspecified atom stereocenters. The molecule has 1 aromatic heterocycles. The predicted molar refractivity (Wildman–Crippen MR) is 141 cm³/mol. The number of nitrogens with zero attached hydrogens (tertiary/aromatic N) is 2. The summed E-state index contributed by atoms with van der Waals surface area (Å²) < 4.78 is 47.8. The van der Waals surface area contributed by atoms with E-state index in [9.17, 15) is 12.8 Å². The minimum absolute atomic E-state index is 0.0198. The van der Waals surface area contributed by atoms with E-state index in [2.05, 4.69) is 32.1 Å². The van der Waals surface area contributed by atoms with Crippen molar-refractivity contribution in [3.05, 3.63) is 64.4 Å². The van der Waals surface area contributed by atoms with E-state index in [-0.39, 0.29) is 15.7 Å². The van der Waals surface area contributed by atoms with Gasteiger partial charge in [0, 0.05) is 30.2 Å². The highest BCUT2D eigenvalue weighted by molar-refractivity contribution is 7.93. The molecule has 0 bridgehead atoms. The Morgan fingerprint density at radius 1 is 1.31 bits per heavy atom. The Morgan fingerprint density at radius 2 is 2.11 bits per heavy atom. The van der Waals surface area contributed by atoms with Crippen molar-refractivity contribution in [2.75, 3.05) is 36.8 Å². The molecule has 192 valence electrons. The second-order valence-electron chi connectivity index (χ2n) is 9.46. The SMILES string of the molecule is COc1ccc(CC2CN3CCCC3(CNc3cc(F)c(S(=O)(=O)Nc4nccs4)cc3Cl)C2)cc1. The lowest BCUT2D eigenvalue weighted by Crippen LogP contribution is -2.44. The maximum absolute atomic E-state index is 14.9. The minimum atomic E-state index is -4.15. The maximum Gasteiger partial charge on any atom is 0.266 e. The average molecular weight is 551 g/mol. The first-order valence-corrected chi connectivity index (χ1v) is 14.6. The van der Waals surface area contributed by atoms with Crippen LogP contribution in [-0.2, 0) is 16.4 Å². The largest absolute Gasteiger partial charge is 0.497 e. The van der Waals surface area contributed by atoms with Crippen LogP contribution < -0.4 is 14.8 Å². The van der Waals surface area contributed by atoms with Crippen LogP contribution in [0.4, 0.5) is 15.2 Å². The standard InChI is InChI=1S/C25H28ClFN4O3S2/c1-34-19-5-3-17(4-6-19)11-18-14-25(7-2-9-31(25)15-18)16-29-22-13-21(27)23(12-20(22)26)36(32,33)30-24-28-8-10-35-24/h3-6,8,10,12-13,18,29H,2,7,9,11,14-16H2,1H3,(H,28,30). The molecule has 36 heavy (non-hydrogen) atoms.